The molecule has 15 nitrogen and oxygen atoms in total. The van der Waals surface area contributed by atoms with Gasteiger partial charge in [-0.1, -0.05) is 0 Å². The van der Waals surface area contributed by atoms with Crippen molar-refractivity contribution >= 4 is 47.4 Å². The van der Waals surface area contributed by atoms with E-state index in [1.54, 1.807) is 6.26 Å². The van der Waals surface area contributed by atoms with E-state index in [4.69, 9.17) is 15.9 Å². The SMILES string of the molecule is CSCCC(NC(=O)C(CCC(=O)O)NC(=O)C(CCC(=O)O)NC(=O)C(N)Cc1cnc[nH]1)C(=O)O. The number of imidazole rings is 1. The lowest BCUT2D eigenvalue weighted by Crippen LogP contribution is -2.57. The third-order valence-electron chi connectivity index (χ3n) is 5.12. The zero-order valence-electron chi connectivity index (χ0n) is 20.1. The van der Waals surface area contributed by atoms with Gasteiger partial charge in [0.05, 0.1) is 12.4 Å². The Kier molecular flexibility index (Phi) is 13.7. The van der Waals surface area contributed by atoms with E-state index >= 15 is 0 Å². The summed E-state index contributed by atoms with van der Waals surface area (Å²) in [5, 5.41) is 34.4. The normalized spacial score (nSPS) is 14.0. The summed E-state index contributed by atoms with van der Waals surface area (Å²) in [4.78, 5) is 78.5. The maximum atomic E-state index is 13.0. The molecular weight excluding hydrogens is 512 g/mol. The van der Waals surface area contributed by atoms with Crippen LogP contribution in [0.25, 0.3) is 0 Å². The van der Waals surface area contributed by atoms with Gasteiger partial charge >= 0.3 is 17.9 Å². The number of hydrogen-bond acceptors (Lipinski definition) is 9. The summed E-state index contributed by atoms with van der Waals surface area (Å²) < 4.78 is 0. The first kappa shape index (κ1) is 31.4. The molecule has 206 valence electrons. The number of nitrogens with one attached hydrogen (secondary N) is 4. The molecule has 0 aliphatic rings. The van der Waals surface area contributed by atoms with Gasteiger partial charge < -0.3 is 42.0 Å². The number of carbonyl (C=O) groups is 6. The van der Waals surface area contributed by atoms with Crippen LogP contribution in [0.1, 0.15) is 37.8 Å². The van der Waals surface area contributed by atoms with Crippen molar-refractivity contribution < 1.29 is 44.1 Å². The van der Waals surface area contributed by atoms with E-state index in [0.29, 0.717) is 11.4 Å². The fourth-order valence-electron chi connectivity index (χ4n) is 3.12. The zero-order valence-corrected chi connectivity index (χ0v) is 21.0. The molecular formula is C21H32N6O9S. The molecule has 3 amide bonds. The third-order valence-corrected chi connectivity index (χ3v) is 5.76. The number of carboxylic acid groups (broad SMARTS) is 3. The summed E-state index contributed by atoms with van der Waals surface area (Å²) in [5.41, 5.74) is 6.42. The van der Waals surface area contributed by atoms with Gasteiger partial charge in [-0.3, -0.25) is 24.0 Å². The van der Waals surface area contributed by atoms with Crippen LogP contribution in [-0.4, -0.2) is 97.1 Å². The van der Waals surface area contributed by atoms with Crippen LogP contribution in [-0.2, 0) is 35.2 Å². The van der Waals surface area contributed by atoms with Crippen LogP contribution in [0, 0.1) is 0 Å². The van der Waals surface area contributed by atoms with Gasteiger partial charge in [-0.25, -0.2) is 9.78 Å². The molecule has 37 heavy (non-hydrogen) atoms. The highest BCUT2D eigenvalue weighted by atomic mass is 32.2. The van der Waals surface area contributed by atoms with Gasteiger partial charge in [0.2, 0.25) is 17.7 Å². The summed E-state index contributed by atoms with van der Waals surface area (Å²) in [7, 11) is 0. The number of aromatic amines is 1. The molecule has 1 aromatic rings. The van der Waals surface area contributed by atoms with Crippen molar-refractivity contribution in [3.8, 4) is 0 Å². The molecule has 0 aliphatic heterocycles. The van der Waals surface area contributed by atoms with E-state index in [1.807, 2.05) is 0 Å². The number of nitrogens with two attached hydrogens (primary N) is 1. The molecule has 16 heteroatoms. The van der Waals surface area contributed by atoms with Crippen molar-refractivity contribution in [3.05, 3.63) is 18.2 Å². The molecule has 4 atom stereocenters. The second kappa shape index (κ2) is 16.2. The molecule has 0 radical (unpaired) electrons. The molecule has 1 heterocycles. The van der Waals surface area contributed by atoms with Crippen LogP contribution in [0.15, 0.2) is 12.5 Å². The van der Waals surface area contributed by atoms with Crippen LogP contribution in [0.5, 0.6) is 0 Å². The van der Waals surface area contributed by atoms with Gasteiger partial charge in [0.1, 0.15) is 18.1 Å². The van der Waals surface area contributed by atoms with Crippen LogP contribution < -0.4 is 21.7 Å². The van der Waals surface area contributed by atoms with Crippen molar-refractivity contribution in [2.45, 2.75) is 62.7 Å². The van der Waals surface area contributed by atoms with Gasteiger partial charge in [0.25, 0.3) is 0 Å². The first-order valence-corrected chi connectivity index (χ1v) is 12.6. The summed E-state index contributed by atoms with van der Waals surface area (Å²) >= 11 is 1.36. The molecule has 9 N–H and O–H groups in total. The number of nitrogens with zero attached hydrogens (tertiary/aromatic N) is 1. The minimum atomic E-state index is -1.46. The Morgan fingerprint density at radius 1 is 0.892 bits per heavy atom. The van der Waals surface area contributed by atoms with Gasteiger partial charge in [0.15, 0.2) is 0 Å². The lowest BCUT2D eigenvalue weighted by molar-refractivity contribution is -0.143. The number of carboxylic acids is 3. The summed E-state index contributed by atoms with van der Waals surface area (Å²) in [6.07, 6.45) is 2.99. The molecule has 0 saturated heterocycles. The Morgan fingerprint density at radius 3 is 1.84 bits per heavy atom. The number of thioether (sulfide) groups is 1. The Hall–Kier alpha value is -3.66. The molecule has 0 bridgehead atoms. The lowest BCUT2D eigenvalue weighted by Gasteiger charge is -2.25. The predicted molar refractivity (Wildman–Crippen MR) is 130 cm³/mol. The smallest absolute Gasteiger partial charge is 0.326 e. The molecule has 0 fully saturated rings. The zero-order chi connectivity index (χ0) is 28.0. The fourth-order valence-corrected chi connectivity index (χ4v) is 3.59. The van der Waals surface area contributed by atoms with Crippen molar-refractivity contribution in [2.75, 3.05) is 12.0 Å². The van der Waals surface area contributed by atoms with Crippen molar-refractivity contribution in [1.29, 1.82) is 0 Å². The average molecular weight is 545 g/mol. The molecule has 0 aromatic carbocycles. The van der Waals surface area contributed by atoms with E-state index in [-0.39, 0.29) is 25.7 Å². The van der Waals surface area contributed by atoms with Crippen LogP contribution in [0.4, 0.5) is 0 Å². The minimum absolute atomic E-state index is 0.0510. The van der Waals surface area contributed by atoms with E-state index in [1.165, 1.54) is 24.3 Å². The standard InChI is InChI=1S/C21H32N6O9S/c1-37-7-6-15(21(35)36)27-20(34)14(3-5-17(30)31)26-19(33)13(2-4-16(28)29)25-18(32)12(22)8-11-9-23-10-24-11/h9-10,12-15H,2-8,22H2,1H3,(H,23,24)(H,25,32)(H,26,33)(H,27,34)(H,28,29)(H,30,31)(H,35,36). The highest BCUT2D eigenvalue weighted by Gasteiger charge is 2.31. The van der Waals surface area contributed by atoms with Gasteiger partial charge in [0, 0.05) is 31.2 Å². The molecule has 1 rings (SSSR count). The molecule has 4 unspecified atom stereocenters. The number of amides is 3. The van der Waals surface area contributed by atoms with Gasteiger partial charge in [-0.15, -0.1) is 0 Å². The molecule has 0 saturated carbocycles. The quantitative estimate of drug-likeness (QED) is 0.103. The summed E-state index contributed by atoms with van der Waals surface area (Å²) in [5.74, 6) is -6.03. The van der Waals surface area contributed by atoms with Crippen molar-refractivity contribution in [2.24, 2.45) is 5.73 Å². The van der Waals surface area contributed by atoms with Crippen LogP contribution >= 0.6 is 11.8 Å². The van der Waals surface area contributed by atoms with Crippen LogP contribution in [0.2, 0.25) is 0 Å². The number of hydrogen-bond donors (Lipinski definition) is 8. The van der Waals surface area contributed by atoms with E-state index < -0.39 is 72.6 Å². The molecule has 0 aliphatic carbocycles. The maximum absolute atomic E-state index is 13.0. The highest BCUT2D eigenvalue weighted by molar-refractivity contribution is 7.98. The predicted octanol–water partition coefficient (Wildman–Crippen LogP) is -1.70. The monoisotopic (exact) mass is 544 g/mol. The number of rotatable bonds is 18. The third kappa shape index (κ3) is 12.2. The lowest BCUT2D eigenvalue weighted by atomic mass is 10.1. The molecule has 0 spiro atoms. The van der Waals surface area contributed by atoms with E-state index in [0.717, 1.165) is 0 Å². The van der Waals surface area contributed by atoms with Crippen LogP contribution in [0.3, 0.4) is 0 Å². The van der Waals surface area contributed by atoms with Gasteiger partial charge in [-0.2, -0.15) is 11.8 Å². The maximum Gasteiger partial charge on any atom is 0.326 e. The highest BCUT2D eigenvalue weighted by Crippen LogP contribution is 2.07. The second-order valence-corrected chi connectivity index (χ2v) is 9.04. The fraction of sp³-hybridized carbons (Fsp3) is 0.571. The van der Waals surface area contributed by atoms with E-state index in [2.05, 4.69) is 25.9 Å². The summed E-state index contributed by atoms with van der Waals surface area (Å²) in [6, 6.07) is -5.25. The number of carbonyl (C=O) groups excluding carboxylic acids is 3. The largest absolute Gasteiger partial charge is 0.481 e. The molecule has 1 aromatic heterocycles. The minimum Gasteiger partial charge on any atom is -0.481 e. The van der Waals surface area contributed by atoms with Crippen molar-refractivity contribution in [3.63, 3.8) is 0 Å². The number of aromatic nitrogens is 2. The first-order chi connectivity index (χ1) is 17.4. The van der Waals surface area contributed by atoms with E-state index in [9.17, 15) is 33.9 Å². The number of H-pyrrole nitrogens is 1. The topological polar surface area (TPSA) is 254 Å². The first-order valence-electron chi connectivity index (χ1n) is 11.2. The summed E-state index contributed by atoms with van der Waals surface area (Å²) in [6.45, 7) is 0. The van der Waals surface area contributed by atoms with Crippen molar-refractivity contribution in [1.82, 2.24) is 25.9 Å². The van der Waals surface area contributed by atoms with Gasteiger partial charge in [-0.05, 0) is 31.3 Å². The Bertz CT molecular complexity index is 943. The Balaban J connectivity index is 2.99. The average Bonchev–Trinajstić information content (AvgIpc) is 3.33. The second-order valence-electron chi connectivity index (χ2n) is 8.06. The Morgan fingerprint density at radius 2 is 1.41 bits per heavy atom. The number of aliphatic carboxylic acids is 3. The Labute approximate surface area is 216 Å².